The van der Waals surface area contributed by atoms with Crippen LogP contribution in [0.3, 0.4) is 0 Å². The Bertz CT molecular complexity index is 594. The molecule has 3 N–H and O–H groups in total. The molecule has 2 rings (SSSR count). The Kier molecular flexibility index (Phi) is 3.91. The highest BCUT2D eigenvalue weighted by molar-refractivity contribution is 5.93. The van der Waals surface area contributed by atoms with Crippen LogP contribution in [-0.2, 0) is 13.0 Å². The predicted octanol–water partition coefficient (Wildman–Crippen LogP) is 1.24. The van der Waals surface area contributed by atoms with Crippen molar-refractivity contribution in [2.75, 3.05) is 0 Å². The van der Waals surface area contributed by atoms with E-state index in [1.807, 2.05) is 16.9 Å². The summed E-state index contributed by atoms with van der Waals surface area (Å²) in [6, 6.07) is 4.16. The Labute approximate surface area is 110 Å². The molecule has 0 radical (unpaired) electrons. The van der Waals surface area contributed by atoms with Crippen molar-refractivity contribution in [1.82, 2.24) is 15.0 Å². The number of carbonyl (C=O) groups excluding carboxylic acids is 1. The Hall–Kier alpha value is -2.21. The van der Waals surface area contributed by atoms with E-state index in [1.54, 1.807) is 12.4 Å². The molecule has 0 saturated carbocycles. The molecule has 19 heavy (non-hydrogen) atoms. The second kappa shape index (κ2) is 5.62. The molecule has 0 aliphatic carbocycles. The number of hydrogen-bond donors (Lipinski definition) is 2. The van der Waals surface area contributed by atoms with Crippen LogP contribution in [0.1, 0.15) is 28.7 Å². The summed E-state index contributed by atoms with van der Waals surface area (Å²) >= 11 is 0. The van der Waals surface area contributed by atoms with Crippen molar-refractivity contribution < 1.29 is 9.18 Å². The Balaban J connectivity index is 2.31. The molecule has 1 aromatic heterocycles. The third-order valence-electron chi connectivity index (χ3n) is 2.90. The third kappa shape index (κ3) is 2.79. The van der Waals surface area contributed by atoms with Crippen molar-refractivity contribution >= 4 is 5.91 Å². The zero-order valence-electron chi connectivity index (χ0n) is 10.6. The molecule has 0 aliphatic heterocycles. The summed E-state index contributed by atoms with van der Waals surface area (Å²) in [4.78, 5) is 15.6. The maximum Gasteiger partial charge on any atom is 0.265 e. The quantitative estimate of drug-likeness (QED) is 0.494. The minimum atomic E-state index is -0.442. The van der Waals surface area contributed by atoms with Gasteiger partial charge in [0.1, 0.15) is 11.6 Å². The van der Waals surface area contributed by atoms with Crippen molar-refractivity contribution in [3.8, 4) is 0 Å². The molecular weight excluding hydrogens is 247 g/mol. The number of halogens is 1. The van der Waals surface area contributed by atoms with Crippen LogP contribution in [0.2, 0.25) is 0 Å². The van der Waals surface area contributed by atoms with Crippen molar-refractivity contribution in [1.29, 1.82) is 0 Å². The Morgan fingerprint density at radius 3 is 3.00 bits per heavy atom. The van der Waals surface area contributed by atoms with Crippen LogP contribution in [0.15, 0.2) is 30.6 Å². The van der Waals surface area contributed by atoms with Gasteiger partial charge in [-0.2, -0.15) is 0 Å². The van der Waals surface area contributed by atoms with Crippen molar-refractivity contribution in [2.45, 2.75) is 19.9 Å². The van der Waals surface area contributed by atoms with Crippen LogP contribution < -0.4 is 11.3 Å². The number of hydrazine groups is 1. The number of imidazole rings is 1. The second-order valence-corrected chi connectivity index (χ2v) is 4.10. The molecular formula is C13H15FN4O. The van der Waals surface area contributed by atoms with Gasteiger partial charge in [-0.3, -0.25) is 10.2 Å². The normalized spacial score (nSPS) is 10.5. The molecule has 1 amide bonds. The van der Waals surface area contributed by atoms with Crippen molar-refractivity contribution in [3.63, 3.8) is 0 Å². The molecule has 5 nitrogen and oxygen atoms in total. The molecule has 0 fully saturated rings. The summed E-state index contributed by atoms with van der Waals surface area (Å²) in [5, 5.41) is 0. The van der Waals surface area contributed by atoms with Gasteiger partial charge in [-0.05, 0) is 18.2 Å². The number of aryl methyl sites for hydroxylation is 1. The summed E-state index contributed by atoms with van der Waals surface area (Å²) in [5.41, 5.74) is 2.78. The summed E-state index contributed by atoms with van der Waals surface area (Å²) in [5.74, 6) is 5.13. The van der Waals surface area contributed by atoms with Crippen LogP contribution in [0, 0.1) is 5.82 Å². The first-order valence-corrected chi connectivity index (χ1v) is 5.95. The van der Waals surface area contributed by atoms with Crippen LogP contribution in [0.25, 0.3) is 0 Å². The highest BCUT2D eigenvalue weighted by atomic mass is 19.1. The van der Waals surface area contributed by atoms with Gasteiger partial charge in [0.05, 0.1) is 6.54 Å². The van der Waals surface area contributed by atoms with E-state index >= 15 is 0 Å². The topological polar surface area (TPSA) is 72.9 Å². The molecule has 0 unspecified atom stereocenters. The fourth-order valence-electron chi connectivity index (χ4n) is 1.90. The predicted molar refractivity (Wildman–Crippen MR) is 68.8 cm³/mol. The van der Waals surface area contributed by atoms with Crippen molar-refractivity contribution in [3.05, 3.63) is 53.4 Å². The molecule has 1 heterocycles. The van der Waals surface area contributed by atoms with Gasteiger partial charge in [0.25, 0.3) is 5.91 Å². The van der Waals surface area contributed by atoms with E-state index in [0.29, 0.717) is 17.7 Å². The Morgan fingerprint density at radius 2 is 2.32 bits per heavy atom. The van der Waals surface area contributed by atoms with E-state index in [2.05, 4.69) is 4.98 Å². The second-order valence-electron chi connectivity index (χ2n) is 4.10. The molecule has 0 spiro atoms. The maximum absolute atomic E-state index is 13.8. The molecule has 0 saturated heterocycles. The number of hydrogen-bond acceptors (Lipinski definition) is 3. The minimum absolute atomic E-state index is 0.331. The standard InChI is InChI=1S/C13H15FN4O/c1-2-12-16-5-6-18(12)8-10-7-9(13(19)17-15)3-4-11(10)14/h3-7H,2,8,15H2,1H3,(H,17,19). The molecule has 6 heteroatoms. The van der Waals surface area contributed by atoms with Gasteiger partial charge in [-0.25, -0.2) is 15.2 Å². The van der Waals surface area contributed by atoms with Crippen LogP contribution >= 0.6 is 0 Å². The molecule has 1 aromatic carbocycles. The van der Waals surface area contributed by atoms with E-state index in [-0.39, 0.29) is 5.82 Å². The van der Waals surface area contributed by atoms with E-state index < -0.39 is 5.91 Å². The van der Waals surface area contributed by atoms with Crippen LogP contribution in [0.5, 0.6) is 0 Å². The van der Waals surface area contributed by atoms with Gasteiger partial charge in [0.2, 0.25) is 0 Å². The maximum atomic E-state index is 13.8. The van der Waals surface area contributed by atoms with Gasteiger partial charge in [0.15, 0.2) is 0 Å². The fourth-order valence-corrected chi connectivity index (χ4v) is 1.90. The lowest BCUT2D eigenvalue weighted by Crippen LogP contribution is -2.30. The van der Waals surface area contributed by atoms with Gasteiger partial charge in [-0.1, -0.05) is 6.92 Å². The lowest BCUT2D eigenvalue weighted by molar-refractivity contribution is 0.0953. The van der Waals surface area contributed by atoms with Gasteiger partial charge >= 0.3 is 0 Å². The molecule has 0 bridgehead atoms. The largest absolute Gasteiger partial charge is 0.330 e. The SMILES string of the molecule is CCc1nccn1Cc1cc(C(=O)NN)ccc1F. The van der Waals surface area contributed by atoms with Crippen molar-refractivity contribution in [2.24, 2.45) is 5.84 Å². The first-order valence-electron chi connectivity index (χ1n) is 5.95. The highest BCUT2D eigenvalue weighted by Crippen LogP contribution is 2.13. The molecule has 0 atom stereocenters. The minimum Gasteiger partial charge on any atom is -0.330 e. The number of rotatable bonds is 4. The number of nitrogens with zero attached hydrogens (tertiary/aromatic N) is 2. The number of nitrogens with one attached hydrogen (secondary N) is 1. The molecule has 100 valence electrons. The number of amides is 1. The highest BCUT2D eigenvalue weighted by Gasteiger charge is 2.10. The zero-order valence-corrected chi connectivity index (χ0v) is 10.6. The van der Waals surface area contributed by atoms with E-state index in [9.17, 15) is 9.18 Å². The first kappa shape index (κ1) is 13.2. The lowest BCUT2D eigenvalue weighted by atomic mass is 10.1. The molecule has 0 aliphatic rings. The van der Waals surface area contributed by atoms with Gasteiger partial charge in [-0.15, -0.1) is 0 Å². The number of aromatic nitrogens is 2. The number of nitrogens with two attached hydrogens (primary N) is 1. The summed E-state index contributed by atoms with van der Waals surface area (Å²) in [6.45, 7) is 2.31. The third-order valence-corrected chi connectivity index (χ3v) is 2.90. The number of carbonyl (C=O) groups is 1. The van der Waals surface area contributed by atoms with Gasteiger partial charge < -0.3 is 4.57 Å². The average molecular weight is 262 g/mol. The van der Waals surface area contributed by atoms with Gasteiger partial charge in [0, 0.05) is 29.9 Å². The van der Waals surface area contributed by atoms with E-state index in [1.165, 1.54) is 18.2 Å². The fraction of sp³-hybridized carbons (Fsp3) is 0.231. The number of nitrogen functional groups attached to an aromatic ring is 1. The summed E-state index contributed by atoms with van der Waals surface area (Å²) in [7, 11) is 0. The summed E-state index contributed by atoms with van der Waals surface area (Å²) in [6.07, 6.45) is 4.22. The number of benzene rings is 1. The lowest BCUT2D eigenvalue weighted by Gasteiger charge is -2.09. The average Bonchev–Trinajstić information content (AvgIpc) is 2.87. The zero-order chi connectivity index (χ0) is 13.8. The Morgan fingerprint density at radius 1 is 1.53 bits per heavy atom. The first-order chi connectivity index (χ1) is 9.15. The molecule has 2 aromatic rings. The van der Waals surface area contributed by atoms with Crippen LogP contribution in [-0.4, -0.2) is 15.5 Å². The smallest absolute Gasteiger partial charge is 0.265 e. The van der Waals surface area contributed by atoms with Crippen LogP contribution in [0.4, 0.5) is 4.39 Å². The van der Waals surface area contributed by atoms with E-state index in [4.69, 9.17) is 5.84 Å². The summed E-state index contributed by atoms with van der Waals surface area (Å²) < 4.78 is 15.6. The van der Waals surface area contributed by atoms with E-state index in [0.717, 1.165) is 12.2 Å². The monoisotopic (exact) mass is 262 g/mol.